The van der Waals surface area contributed by atoms with Crippen molar-refractivity contribution < 1.29 is 24.9 Å². The van der Waals surface area contributed by atoms with Gasteiger partial charge in [0, 0.05) is 11.3 Å². The van der Waals surface area contributed by atoms with Gasteiger partial charge < -0.3 is 15.3 Å². The van der Waals surface area contributed by atoms with Gasteiger partial charge in [0.05, 0.1) is 6.10 Å². The normalized spacial score (nSPS) is 48.9. The fraction of sp³-hybridized carbons (Fsp3) is 0.727. The van der Waals surface area contributed by atoms with Crippen molar-refractivity contribution in [2.75, 3.05) is 6.61 Å². The summed E-state index contributed by atoms with van der Waals surface area (Å²) < 4.78 is 0. The Balaban J connectivity index is 1.67. The third-order valence-corrected chi connectivity index (χ3v) is 8.23. The zero-order chi connectivity index (χ0) is 19.6. The van der Waals surface area contributed by atoms with Crippen molar-refractivity contribution in [3.8, 4) is 0 Å². The fourth-order valence-corrected chi connectivity index (χ4v) is 7.06. The number of aliphatic hydroxyl groups excluding tert-OH is 2. The smallest absolute Gasteiger partial charge is 0.189 e. The molecule has 0 aromatic rings. The number of Topliss-reactive ketones (excluding diaryl/α,β-unsaturated/α-hetero) is 1. The molecule has 3 N–H and O–H groups in total. The number of allylic oxidation sites excluding steroid dienone is 4. The molecule has 4 rings (SSSR count). The minimum Gasteiger partial charge on any atom is -0.393 e. The summed E-state index contributed by atoms with van der Waals surface area (Å²) in [6.45, 7) is 3.58. The predicted octanol–water partition coefficient (Wildman–Crippen LogP) is 1.95. The first-order valence-electron chi connectivity index (χ1n) is 10.1. The van der Waals surface area contributed by atoms with E-state index < -0.39 is 24.1 Å². The zero-order valence-electron chi connectivity index (χ0n) is 16.1. The third kappa shape index (κ3) is 2.70. The van der Waals surface area contributed by atoms with E-state index in [1.54, 1.807) is 12.2 Å². The molecular formula is C22H30O5. The molecule has 3 saturated carbocycles. The van der Waals surface area contributed by atoms with Gasteiger partial charge in [-0.05, 0) is 67.9 Å². The highest BCUT2D eigenvalue weighted by atomic mass is 16.3. The van der Waals surface area contributed by atoms with Gasteiger partial charge in [0.25, 0.3) is 0 Å². The molecule has 5 nitrogen and oxygen atoms in total. The van der Waals surface area contributed by atoms with Gasteiger partial charge in [-0.25, -0.2) is 0 Å². The van der Waals surface area contributed by atoms with Crippen LogP contribution in [0.4, 0.5) is 0 Å². The van der Waals surface area contributed by atoms with E-state index in [2.05, 4.69) is 13.8 Å². The predicted molar refractivity (Wildman–Crippen MR) is 99.7 cm³/mol. The number of rotatable bonds is 2. The lowest BCUT2D eigenvalue weighted by Gasteiger charge is -2.62. The minimum absolute atomic E-state index is 0.0290. The van der Waals surface area contributed by atoms with Crippen molar-refractivity contribution >= 4 is 11.6 Å². The molecule has 0 amide bonds. The number of carbonyl (C=O) groups is 2. The lowest BCUT2D eigenvalue weighted by atomic mass is 9.43. The first kappa shape index (κ1) is 19.0. The van der Waals surface area contributed by atoms with Crippen LogP contribution in [-0.2, 0) is 9.59 Å². The summed E-state index contributed by atoms with van der Waals surface area (Å²) in [5.74, 6) is 0.198. The Hall–Kier alpha value is -1.30. The maximum Gasteiger partial charge on any atom is 0.189 e. The second-order valence-electron chi connectivity index (χ2n) is 9.78. The van der Waals surface area contributed by atoms with Gasteiger partial charge in [-0.15, -0.1) is 0 Å². The van der Waals surface area contributed by atoms with Gasteiger partial charge in [0.15, 0.2) is 11.6 Å². The molecule has 0 spiro atoms. The van der Waals surface area contributed by atoms with E-state index in [0.717, 1.165) is 24.8 Å². The summed E-state index contributed by atoms with van der Waals surface area (Å²) in [6.07, 6.45) is 8.54. The Morgan fingerprint density at radius 1 is 1.30 bits per heavy atom. The average molecular weight is 374 g/mol. The highest BCUT2D eigenvalue weighted by Crippen LogP contribution is 2.64. The molecule has 3 fully saturated rings. The van der Waals surface area contributed by atoms with Crippen LogP contribution in [0.15, 0.2) is 23.8 Å². The molecule has 7 atom stereocenters. The van der Waals surface area contributed by atoms with Gasteiger partial charge in [0.2, 0.25) is 0 Å². The molecule has 4 aliphatic rings. The van der Waals surface area contributed by atoms with Crippen molar-refractivity contribution in [2.45, 2.75) is 64.1 Å². The summed E-state index contributed by atoms with van der Waals surface area (Å²) in [7, 11) is 0. The summed E-state index contributed by atoms with van der Waals surface area (Å²) in [5.41, 5.74) is -0.981. The number of aliphatic hydroxyl groups is 3. The number of hydrogen-bond acceptors (Lipinski definition) is 5. The van der Waals surface area contributed by atoms with Gasteiger partial charge in [-0.3, -0.25) is 9.59 Å². The first-order chi connectivity index (χ1) is 12.6. The van der Waals surface area contributed by atoms with Crippen molar-refractivity contribution in [3.63, 3.8) is 0 Å². The van der Waals surface area contributed by atoms with E-state index in [0.29, 0.717) is 31.1 Å². The molecule has 0 aromatic heterocycles. The van der Waals surface area contributed by atoms with Gasteiger partial charge in [-0.1, -0.05) is 25.5 Å². The van der Waals surface area contributed by atoms with Crippen LogP contribution in [0.1, 0.15) is 52.4 Å². The molecule has 0 heterocycles. The van der Waals surface area contributed by atoms with Gasteiger partial charge in [-0.2, -0.15) is 0 Å². The van der Waals surface area contributed by atoms with Crippen LogP contribution >= 0.6 is 0 Å². The molecule has 0 radical (unpaired) electrons. The van der Waals surface area contributed by atoms with E-state index in [-0.39, 0.29) is 22.5 Å². The zero-order valence-corrected chi connectivity index (χ0v) is 16.1. The van der Waals surface area contributed by atoms with Crippen LogP contribution < -0.4 is 0 Å². The summed E-state index contributed by atoms with van der Waals surface area (Å²) >= 11 is 0. The Morgan fingerprint density at radius 2 is 2.04 bits per heavy atom. The Bertz CT molecular complexity index is 739. The molecule has 5 heteroatoms. The van der Waals surface area contributed by atoms with Crippen LogP contribution in [0.25, 0.3) is 0 Å². The second kappa shape index (κ2) is 6.10. The van der Waals surface area contributed by atoms with Gasteiger partial charge >= 0.3 is 0 Å². The van der Waals surface area contributed by atoms with Gasteiger partial charge in [0.1, 0.15) is 12.2 Å². The third-order valence-electron chi connectivity index (χ3n) is 8.23. The summed E-state index contributed by atoms with van der Waals surface area (Å²) in [6, 6.07) is 0. The van der Waals surface area contributed by atoms with Crippen LogP contribution in [0, 0.1) is 28.6 Å². The molecule has 0 bridgehead atoms. The van der Waals surface area contributed by atoms with Crippen molar-refractivity contribution in [1.82, 2.24) is 0 Å². The molecule has 0 unspecified atom stereocenters. The van der Waals surface area contributed by atoms with Crippen LogP contribution in [0.3, 0.4) is 0 Å². The largest absolute Gasteiger partial charge is 0.393 e. The van der Waals surface area contributed by atoms with E-state index in [9.17, 15) is 24.9 Å². The van der Waals surface area contributed by atoms with E-state index in [1.807, 2.05) is 6.08 Å². The standard InChI is InChI=1S/C22H30O5/c1-20-10-17(25)19-15(4-3-13-9-14(24)5-7-21(13,19)2)16(20)6-8-22(27,12-20)18(26)11-23/h5,7,9,15-17,19,23,25,27H,3-4,6,8,10-12H2,1-2H3/t15-,16-,17-,19+,20+,21-,22-/m0/s1. The lowest BCUT2D eigenvalue weighted by molar-refractivity contribution is -0.178. The van der Waals surface area contributed by atoms with Crippen molar-refractivity contribution in [1.29, 1.82) is 0 Å². The molecule has 0 aliphatic heterocycles. The highest BCUT2D eigenvalue weighted by Gasteiger charge is 2.61. The highest BCUT2D eigenvalue weighted by molar-refractivity contribution is 6.01. The molecule has 4 aliphatic carbocycles. The number of fused-ring (bicyclic) bond motifs is 5. The average Bonchev–Trinajstić information content (AvgIpc) is 2.60. The van der Waals surface area contributed by atoms with E-state index in [1.165, 1.54) is 0 Å². The molecule has 27 heavy (non-hydrogen) atoms. The maximum absolute atomic E-state index is 12.1. The quantitative estimate of drug-likeness (QED) is 0.687. The maximum atomic E-state index is 12.1. The van der Waals surface area contributed by atoms with Crippen LogP contribution in [0.5, 0.6) is 0 Å². The van der Waals surface area contributed by atoms with Crippen LogP contribution in [-0.4, -0.2) is 45.2 Å². The Morgan fingerprint density at radius 3 is 2.74 bits per heavy atom. The van der Waals surface area contributed by atoms with Crippen molar-refractivity contribution in [3.05, 3.63) is 23.8 Å². The molecule has 148 valence electrons. The first-order valence-corrected chi connectivity index (χ1v) is 10.1. The lowest BCUT2D eigenvalue weighted by Crippen LogP contribution is -2.61. The topological polar surface area (TPSA) is 94.8 Å². The fourth-order valence-electron chi connectivity index (χ4n) is 7.06. The number of carbonyl (C=O) groups excluding carboxylic acids is 2. The molecule has 0 saturated heterocycles. The SMILES string of the molecule is C[C@]12C[C@H](O)[C@H]3[C@@H](CCC4=CC(=O)C=C[C@@]43C)[C@@H]1CC[C@@](O)(C(=O)CO)C2. The molecule has 0 aromatic carbocycles. The van der Waals surface area contributed by atoms with E-state index >= 15 is 0 Å². The monoisotopic (exact) mass is 374 g/mol. The molecular weight excluding hydrogens is 344 g/mol. The van der Waals surface area contributed by atoms with Crippen LogP contribution in [0.2, 0.25) is 0 Å². The van der Waals surface area contributed by atoms with E-state index in [4.69, 9.17) is 0 Å². The number of ketones is 2. The number of hydrogen-bond donors (Lipinski definition) is 3. The summed E-state index contributed by atoms with van der Waals surface area (Å²) in [4.78, 5) is 24.0. The Kier molecular flexibility index (Phi) is 4.30. The summed E-state index contributed by atoms with van der Waals surface area (Å²) in [5, 5.41) is 31.3. The Labute approximate surface area is 160 Å². The second-order valence-corrected chi connectivity index (χ2v) is 9.78. The minimum atomic E-state index is -1.48. The van der Waals surface area contributed by atoms with Crippen molar-refractivity contribution in [2.24, 2.45) is 28.6 Å².